The van der Waals surface area contributed by atoms with Crippen molar-refractivity contribution in [1.82, 2.24) is 25.1 Å². The molecule has 1 aromatic heterocycles. The summed E-state index contributed by atoms with van der Waals surface area (Å²) in [7, 11) is 1.99. The highest BCUT2D eigenvalue weighted by Crippen LogP contribution is 2.35. The molecule has 214 valence electrons. The Balaban J connectivity index is 1.26. The Hall–Kier alpha value is -4.21. The summed E-state index contributed by atoms with van der Waals surface area (Å²) in [5.74, 6) is 5.69. The molecule has 2 fully saturated rings. The molecular formula is C29H31F3N8O. The first-order chi connectivity index (χ1) is 19.7. The maximum atomic E-state index is 13.9. The third kappa shape index (κ3) is 7.50. The van der Waals surface area contributed by atoms with E-state index >= 15 is 0 Å². The van der Waals surface area contributed by atoms with Gasteiger partial charge in [0, 0.05) is 69.0 Å². The van der Waals surface area contributed by atoms with E-state index in [2.05, 4.69) is 42.7 Å². The third-order valence-electron chi connectivity index (χ3n) is 7.05. The second kappa shape index (κ2) is 12.1. The zero-order chi connectivity index (χ0) is 29.0. The van der Waals surface area contributed by atoms with Crippen LogP contribution in [-0.4, -0.2) is 77.2 Å². The van der Waals surface area contributed by atoms with Crippen LogP contribution in [-0.2, 0) is 17.5 Å². The molecular weight excluding hydrogens is 533 g/mol. The Bertz CT molecular complexity index is 1440. The second-order valence-corrected chi connectivity index (χ2v) is 10.4. The van der Waals surface area contributed by atoms with Crippen molar-refractivity contribution in [3.8, 4) is 11.8 Å². The molecule has 12 heteroatoms. The van der Waals surface area contributed by atoms with Crippen LogP contribution < -0.4 is 16.0 Å². The lowest BCUT2D eigenvalue weighted by Crippen LogP contribution is -2.44. The van der Waals surface area contributed by atoms with E-state index in [4.69, 9.17) is 5.41 Å². The number of aromatic nitrogens is 2. The number of amides is 1. The first-order valence-electron chi connectivity index (χ1n) is 13.4. The average Bonchev–Trinajstić information content (AvgIpc) is 3.78. The molecule has 4 N–H and O–H groups in total. The third-order valence-corrected chi connectivity index (χ3v) is 7.05. The van der Waals surface area contributed by atoms with E-state index in [0.717, 1.165) is 32.0 Å². The van der Waals surface area contributed by atoms with E-state index in [1.165, 1.54) is 30.9 Å². The molecule has 1 aliphatic carbocycles. The molecule has 3 aliphatic rings. The minimum Gasteiger partial charge on any atom is -0.386 e. The number of alkyl halides is 3. The van der Waals surface area contributed by atoms with Crippen LogP contribution in [0.15, 0.2) is 54.1 Å². The van der Waals surface area contributed by atoms with E-state index in [1.807, 2.05) is 11.9 Å². The zero-order valence-corrected chi connectivity index (χ0v) is 22.6. The Morgan fingerprint density at radius 3 is 2.73 bits per heavy atom. The number of dihydropyridines is 1. The number of carbonyl (C=O) groups excluding carboxylic acids is 1. The number of nitrogens with zero attached hydrogens (tertiary/aromatic N) is 4. The number of nitrogens with one attached hydrogen (secondary N) is 4. The van der Waals surface area contributed by atoms with Crippen molar-refractivity contribution in [1.29, 1.82) is 5.41 Å². The smallest absolute Gasteiger partial charge is 0.386 e. The minimum atomic E-state index is -4.56. The summed E-state index contributed by atoms with van der Waals surface area (Å²) in [6, 6.07) is 4.26. The van der Waals surface area contributed by atoms with Gasteiger partial charge in [0.25, 0.3) is 5.91 Å². The van der Waals surface area contributed by atoms with Crippen molar-refractivity contribution >= 4 is 23.1 Å². The standard InChI is InChI=1S/C29H31F3N8O/c1-39-8-10-40(11-9-39)17-20-3-4-23(13-25(20)29(30,31)32)38-28(41)21-12-19(14-34-15-21)2-7-26(33)24-16-35-18-36-27(24)37-22-5-6-22/h3-4,12-13,15-16,18,22,33-34H,5-6,8-11,14,17H2,1H3,(H,38,41)(H,35,36,37). The summed E-state index contributed by atoms with van der Waals surface area (Å²) in [5.41, 5.74) is 0.756. The highest BCUT2D eigenvalue weighted by Gasteiger charge is 2.34. The van der Waals surface area contributed by atoms with Crippen molar-refractivity contribution in [2.24, 2.45) is 0 Å². The van der Waals surface area contributed by atoms with Gasteiger partial charge in [-0.2, -0.15) is 13.2 Å². The summed E-state index contributed by atoms with van der Waals surface area (Å²) < 4.78 is 41.8. The summed E-state index contributed by atoms with van der Waals surface area (Å²) in [4.78, 5) is 25.3. The first kappa shape index (κ1) is 28.3. The number of anilines is 2. The van der Waals surface area contributed by atoms with Crippen LogP contribution in [0.1, 0.15) is 29.5 Å². The molecule has 5 rings (SSSR count). The van der Waals surface area contributed by atoms with Crippen LogP contribution in [0.5, 0.6) is 0 Å². The predicted octanol–water partition coefficient (Wildman–Crippen LogP) is 3.24. The van der Waals surface area contributed by atoms with Gasteiger partial charge in [0.15, 0.2) is 0 Å². The summed E-state index contributed by atoms with van der Waals surface area (Å²) in [5, 5.41) is 17.2. The molecule has 1 aromatic carbocycles. The molecule has 0 bridgehead atoms. The lowest BCUT2D eigenvalue weighted by Gasteiger charge is -2.33. The van der Waals surface area contributed by atoms with Crippen LogP contribution in [0.2, 0.25) is 0 Å². The van der Waals surface area contributed by atoms with Gasteiger partial charge < -0.3 is 20.9 Å². The zero-order valence-electron chi connectivity index (χ0n) is 22.6. The van der Waals surface area contributed by atoms with Crippen molar-refractivity contribution < 1.29 is 18.0 Å². The van der Waals surface area contributed by atoms with Crippen molar-refractivity contribution in [2.45, 2.75) is 31.6 Å². The topological polar surface area (TPSA) is 109 Å². The molecule has 2 aliphatic heterocycles. The van der Waals surface area contributed by atoms with Crippen LogP contribution in [0.25, 0.3) is 0 Å². The Kier molecular flexibility index (Phi) is 8.37. The maximum Gasteiger partial charge on any atom is 0.416 e. The van der Waals surface area contributed by atoms with E-state index in [-0.39, 0.29) is 29.1 Å². The maximum absolute atomic E-state index is 13.9. The fourth-order valence-electron chi connectivity index (χ4n) is 4.53. The van der Waals surface area contributed by atoms with E-state index in [0.29, 0.717) is 42.6 Å². The highest BCUT2D eigenvalue weighted by molar-refractivity contribution is 6.14. The highest BCUT2D eigenvalue weighted by atomic mass is 19.4. The van der Waals surface area contributed by atoms with Crippen LogP contribution in [0.3, 0.4) is 0 Å². The number of hydrogen-bond donors (Lipinski definition) is 4. The van der Waals surface area contributed by atoms with Crippen LogP contribution in [0.4, 0.5) is 24.7 Å². The molecule has 0 spiro atoms. The van der Waals surface area contributed by atoms with E-state index in [1.54, 1.807) is 6.08 Å². The van der Waals surface area contributed by atoms with Crippen LogP contribution >= 0.6 is 0 Å². The number of hydrogen-bond acceptors (Lipinski definition) is 8. The lowest BCUT2D eigenvalue weighted by molar-refractivity contribution is -0.138. The molecule has 2 aromatic rings. The molecule has 41 heavy (non-hydrogen) atoms. The Morgan fingerprint density at radius 2 is 2.00 bits per heavy atom. The number of rotatable bonds is 7. The van der Waals surface area contributed by atoms with Gasteiger partial charge in [0.05, 0.1) is 16.7 Å². The number of likely N-dealkylation sites (N-methyl/N-ethyl adjacent to an activating group) is 1. The fourth-order valence-corrected chi connectivity index (χ4v) is 4.53. The van der Waals surface area contributed by atoms with Gasteiger partial charge in [-0.15, -0.1) is 0 Å². The minimum absolute atomic E-state index is 0.0338. The summed E-state index contributed by atoms with van der Waals surface area (Å²) in [6.07, 6.45) is 3.54. The molecule has 0 unspecified atom stereocenters. The van der Waals surface area contributed by atoms with Gasteiger partial charge in [0.2, 0.25) is 0 Å². The Labute approximate surface area is 236 Å². The monoisotopic (exact) mass is 564 g/mol. The number of benzene rings is 1. The van der Waals surface area contributed by atoms with Crippen molar-refractivity contribution in [3.05, 3.63) is 70.8 Å². The number of halogens is 3. The van der Waals surface area contributed by atoms with E-state index < -0.39 is 17.6 Å². The van der Waals surface area contributed by atoms with Gasteiger partial charge in [-0.05, 0) is 49.6 Å². The number of piperazine rings is 1. The normalized spacial score (nSPS) is 17.9. The van der Waals surface area contributed by atoms with Gasteiger partial charge in [0.1, 0.15) is 17.9 Å². The quantitative estimate of drug-likeness (QED) is 0.302. The molecule has 3 heterocycles. The molecule has 1 saturated carbocycles. The fraction of sp³-hybridized carbons (Fsp3) is 0.379. The Morgan fingerprint density at radius 1 is 1.22 bits per heavy atom. The summed E-state index contributed by atoms with van der Waals surface area (Å²) >= 11 is 0. The SMILES string of the molecule is CN1CCN(Cc2ccc(NC(=O)C3=CNCC(C#CC(=N)c4cncnc4NC4CC4)=C3)cc2C(F)(F)F)CC1. The summed E-state index contributed by atoms with van der Waals surface area (Å²) in [6.45, 7) is 3.54. The number of carbonyl (C=O) groups is 1. The first-order valence-corrected chi connectivity index (χ1v) is 13.4. The van der Waals surface area contributed by atoms with Gasteiger partial charge in [-0.25, -0.2) is 9.97 Å². The van der Waals surface area contributed by atoms with Gasteiger partial charge in [-0.1, -0.05) is 12.0 Å². The largest absolute Gasteiger partial charge is 0.416 e. The molecule has 1 saturated heterocycles. The molecule has 9 nitrogen and oxygen atoms in total. The van der Waals surface area contributed by atoms with Crippen molar-refractivity contribution in [3.63, 3.8) is 0 Å². The lowest BCUT2D eigenvalue weighted by atomic mass is 10.0. The predicted molar refractivity (Wildman–Crippen MR) is 150 cm³/mol. The van der Waals surface area contributed by atoms with Crippen LogP contribution in [0, 0.1) is 17.3 Å². The van der Waals surface area contributed by atoms with E-state index in [9.17, 15) is 18.0 Å². The second-order valence-electron chi connectivity index (χ2n) is 10.4. The van der Waals surface area contributed by atoms with Gasteiger partial charge in [-0.3, -0.25) is 15.1 Å². The van der Waals surface area contributed by atoms with Gasteiger partial charge >= 0.3 is 6.18 Å². The van der Waals surface area contributed by atoms with Crippen molar-refractivity contribution in [2.75, 3.05) is 50.4 Å². The molecule has 0 atom stereocenters. The molecule has 0 radical (unpaired) electrons. The average molecular weight is 565 g/mol. The molecule has 1 amide bonds.